The van der Waals surface area contributed by atoms with E-state index in [1.54, 1.807) is 13.2 Å². The van der Waals surface area contributed by atoms with Crippen LogP contribution in [0.3, 0.4) is 0 Å². The normalized spacial score (nSPS) is 10.3. The maximum atomic E-state index is 10.9. The van der Waals surface area contributed by atoms with Gasteiger partial charge in [0.15, 0.2) is 0 Å². The molecule has 1 rings (SSSR count). The van der Waals surface area contributed by atoms with Gasteiger partial charge in [-0.15, -0.1) is 0 Å². The topological polar surface area (TPSA) is 44.8 Å². The Balaban J connectivity index is 3.04. The Kier molecular flexibility index (Phi) is 5.47. The summed E-state index contributed by atoms with van der Waals surface area (Å²) >= 11 is 3.39. The first-order valence-corrected chi connectivity index (χ1v) is 6.39. The molecular formula is C13H17BrO4. The van der Waals surface area contributed by atoms with Crippen LogP contribution < -0.4 is 9.47 Å². The zero-order valence-electron chi connectivity index (χ0n) is 11.0. The molecule has 0 spiro atoms. The van der Waals surface area contributed by atoms with Gasteiger partial charge in [-0.25, -0.2) is 0 Å². The molecule has 5 heteroatoms. The van der Waals surface area contributed by atoms with Gasteiger partial charge in [0.1, 0.15) is 18.1 Å². The summed E-state index contributed by atoms with van der Waals surface area (Å²) in [6, 6.07) is 3.61. The zero-order chi connectivity index (χ0) is 13.7. The molecule has 0 unspecified atom stereocenters. The molecule has 0 aromatic heterocycles. The summed E-state index contributed by atoms with van der Waals surface area (Å²) in [6.07, 6.45) is 0.0342. The standard InChI is InChI=1S/C13H17BrO4/c1-8(2)18-12-6-13(16-4)11(14)5-10(12)7-17-9(3)15/h5-6,8H,7H2,1-4H3. The molecule has 1 aromatic rings. The van der Waals surface area contributed by atoms with Gasteiger partial charge in [-0.05, 0) is 35.8 Å². The summed E-state index contributed by atoms with van der Waals surface area (Å²) in [5.74, 6) is 1.01. The molecule has 0 N–H and O–H groups in total. The Bertz CT molecular complexity index is 429. The van der Waals surface area contributed by atoms with Gasteiger partial charge >= 0.3 is 5.97 Å². The van der Waals surface area contributed by atoms with Crippen molar-refractivity contribution >= 4 is 21.9 Å². The van der Waals surface area contributed by atoms with Crippen LogP contribution in [0.4, 0.5) is 0 Å². The number of halogens is 1. The van der Waals surface area contributed by atoms with Gasteiger partial charge in [-0.1, -0.05) is 0 Å². The van der Waals surface area contributed by atoms with Crippen molar-refractivity contribution in [3.8, 4) is 11.5 Å². The van der Waals surface area contributed by atoms with Crippen molar-refractivity contribution in [3.05, 3.63) is 22.2 Å². The summed E-state index contributed by atoms with van der Waals surface area (Å²) in [5.41, 5.74) is 0.798. The predicted molar refractivity (Wildman–Crippen MR) is 71.9 cm³/mol. The average molecular weight is 317 g/mol. The lowest BCUT2D eigenvalue weighted by Crippen LogP contribution is -2.09. The molecule has 0 aliphatic rings. The van der Waals surface area contributed by atoms with Crippen molar-refractivity contribution in [2.75, 3.05) is 7.11 Å². The van der Waals surface area contributed by atoms with Gasteiger partial charge in [0.2, 0.25) is 0 Å². The third-order valence-corrected chi connectivity index (χ3v) is 2.75. The van der Waals surface area contributed by atoms with Crippen LogP contribution in [-0.4, -0.2) is 19.2 Å². The van der Waals surface area contributed by atoms with Crippen LogP contribution in [0.5, 0.6) is 11.5 Å². The number of rotatable bonds is 5. The minimum atomic E-state index is -0.322. The van der Waals surface area contributed by atoms with Crippen LogP contribution in [0.2, 0.25) is 0 Å². The number of ether oxygens (including phenoxy) is 3. The van der Waals surface area contributed by atoms with E-state index in [9.17, 15) is 4.79 Å². The summed E-state index contributed by atoms with van der Waals surface area (Å²) in [4.78, 5) is 10.9. The van der Waals surface area contributed by atoms with E-state index in [1.807, 2.05) is 19.9 Å². The molecular weight excluding hydrogens is 300 g/mol. The summed E-state index contributed by atoms with van der Waals surface area (Å²) in [5, 5.41) is 0. The number of carbonyl (C=O) groups excluding carboxylic acids is 1. The Hall–Kier alpha value is -1.23. The second kappa shape index (κ2) is 6.64. The molecule has 0 amide bonds. The number of hydrogen-bond acceptors (Lipinski definition) is 4. The smallest absolute Gasteiger partial charge is 0.302 e. The fourth-order valence-corrected chi connectivity index (χ4v) is 1.94. The molecule has 0 saturated carbocycles. The molecule has 0 bridgehead atoms. The minimum absolute atomic E-state index is 0.0342. The van der Waals surface area contributed by atoms with Gasteiger partial charge < -0.3 is 14.2 Å². The minimum Gasteiger partial charge on any atom is -0.495 e. The van der Waals surface area contributed by atoms with E-state index in [4.69, 9.17) is 14.2 Å². The van der Waals surface area contributed by atoms with Gasteiger partial charge in [-0.3, -0.25) is 4.79 Å². The van der Waals surface area contributed by atoms with Crippen LogP contribution in [0.1, 0.15) is 26.3 Å². The summed E-state index contributed by atoms with van der Waals surface area (Å²) in [7, 11) is 1.59. The Labute approximate surface area is 115 Å². The predicted octanol–water partition coefficient (Wildman–Crippen LogP) is 3.31. The monoisotopic (exact) mass is 316 g/mol. The van der Waals surface area contributed by atoms with E-state index in [1.165, 1.54) is 6.92 Å². The largest absolute Gasteiger partial charge is 0.495 e. The van der Waals surface area contributed by atoms with E-state index in [-0.39, 0.29) is 18.7 Å². The molecule has 0 saturated heterocycles. The van der Waals surface area contributed by atoms with E-state index >= 15 is 0 Å². The van der Waals surface area contributed by atoms with Crippen LogP contribution in [0, 0.1) is 0 Å². The van der Waals surface area contributed by atoms with Crippen LogP contribution in [-0.2, 0) is 16.1 Å². The highest BCUT2D eigenvalue weighted by Gasteiger charge is 2.12. The third kappa shape index (κ3) is 4.22. The lowest BCUT2D eigenvalue weighted by Gasteiger charge is -2.16. The molecule has 0 radical (unpaired) electrons. The maximum Gasteiger partial charge on any atom is 0.302 e. The van der Waals surface area contributed by atoms with Crippen LogP contribution in [0.25, 0.3) is 0 Å². The Morgan fingerprint density at radius 1 is 1.33 bits per heavy atom. The van der Waals surface area contributed by atoms with Crippen LogP contribution >= 0.6 is 15.9 Å². The number of hydrogen-bond donors (Lipinski definition) is 0. The lowest BCUT2D eigenvalue weighted by molar-refractivity contribution is -0.142. The summed E-state index contributed by atoms with van der Waals surface area (Å²) in [6.45, 7) is 5.43. The molecule has 0 atom stereocenters. The van der Waals surface area contributed by atoms with Crippen molar-refractivity contribution in [2.45, 2.75) is 33.5 Å². The van der Waals surface area contributed by atoms with Crippen molar-refractivity contribution in [2.24, 2.45) is 0 Å². The third-order valence-electron chi connectivity index (χ3n) is 2.13. The van der Waals surface area contributed by atoms with Crippen molar-refractivity contribution in [3.63, 3.8) is 0 Å². The highest BCUT2D eigenvalue weighted by molar-refractivity contribution is 9.10. The quantitative estimate of drug-likeness (QED) is 0.782. The molecule has 0 fully saturated rings. The number of carbonyl (C=O) groups is 1. The molecule has 0 aliphatic heterocycles. The second-order valence-corrected chi connectivity index (χ2v) is 4.90. The van der Waals surface area contributed by atoms with E-state index < -0.39 is 0 Å². The van der Waals surface area contributed by atoms with Gasteiger partial charge in [0.05, 0.1) is 17.7 Å². The lowest BCUT2D eigenvalue weighted by atomic mass is 10.2. The molecule has 1 aromatic carbocycles. The highest BCUT2D eigenvalue weighted by Crippen LogP contribution is 2.33. The fraction of sp³-hybridized carbons (Fsp3) is 0.462. The van der Waals surface area contributed by atoms with Crippen LogP contribution in [0.15, 0.2) is 16.6 Å². The molecule has 0 aliphatic carbocycles. The molecule has 18 heavy (non-hydrogen) atoms. The van der Waals surface area contributed by atoms with Gasteiger partial charge in [-0.2, -0.15) is 0 Å². The van der Waals surface area contributed by atoms with Gasteiger partial charge in [0, 0.05) is 18.6 Å². The number of benzene rings is 1. The Morgan fingerprint density at radius 2 is 2.00 bits per heavy atom. The Morgan fingerprint density at radius 3 is 2.50 bits per heavy atom. The highest BCUT2D eigenvalue weighted by atomic mass is 79.9. The maximum absolute atomic E-state index is 10.9. The molecule has 100 valence electrons. The first-order valence-electron chi connectivity index (χ1n) is 5.60. The SMILES string of the molecule is COc1cc(OC(C)C)c(COC(C)=O)cc1Br. The van der Waals surface area contributed by atoms with Crippen molar-refractivity contribution in [1.82, 2.24) is 0 Å². The fourth-order valence-electron chi connectivity index (χ4n) is 1.39. The van der Waals surface area contributed by atoms with E-state index in [0.29, 0.717) is 11.5 Å². The zero-order valence-corrected chi connectivity index (χ0v) is 12.5. The first kappa shape index (κ1) is 14.8. The molecule has 0 heterocycles. The van der Waals surface area contributed by atoms with Crippen molar-refractivity contribution in [1.29, 1.82) is 0 Å². The van der Waals surface area contributed by atoms with E-state index in [2.05, 4.69) is 15.9 Å². The van der Waals surface area contributed by atoms with Crippen molar-refractivity contribution < 1.29 is 19.0 Å². The number of methoxy groups -OCH3 is 1. The summed E-state index contributed by atoms with van der Waals surface area (Å²) < 4.78 is 16.7. The first-order chi connectivity index (χ1) is 8.43. The average Bonchev–Trinajstić information content (AvgIpc) is 2.28. The number of esters is 1. The second-order valence-electron chi connectivity index (χ2n) is 4.04. The van der Waals surface area contributed by atoms with Gasteiger partial charge in [0.25, 0.3) is 0 Å². The molecule has 4 nitrogen and oxygen atoms in total. The van der Waals surface area contributed by atoms with E-state index in [0.717, 1.165) is 10.0 Å².